The fourth-order valence-electron chi connectivity index (χ4n) is 4.34. The first kappa shape index (κ1) is 23.8. The average molecular weight is 477 g/mol. The molecule has 0 fully saturated rings. The van der Waals surface area contributed by atoms with Gasteiger partial charge in [-0.15, -0.1) is 0 Å². The summed E-state index contributed by atoms with van der Waals surface area (Å²) in [6.45, 7) is 0. The van der Waals surface area contributed by atoms with Gasteiger partial charge in [0.05, 0.1) is 0 Å². The molecule has 0 radical (unpaired) electrons. The van der Waals surface area contributed by atoms with Crippen LogP contribution in [-0.2, 0) is 0 Å². The molecule has 1 heteroatoms. The van der Waals surface area contributed by atoms with Crippen LogP contribution in [0, 0.1) is 0 Å². The normalized spacial score (nSPS) is 11.6. The van der Waals surface area contributed by atoms with Gasteiger partial charge in [0.25, 0.3) is 0 Å². The lowest BCUT2D eigenvalue weighted by Crippen LogP contribution is -1.93. The number of aromatic hydroxyl groups is 1. The monoisotopic (exact) mass is 476 g/mol. The van der Waals surface area contributed by atoms with Gasteiger partial charge in [-0.2, -0.15) is 0 Å². The Morgan fingerprint density at radius 2 is 0.811 bits per heavy atom. The fraction of sp³-hybridized carbons (Fsp3) is 0. The van der Waals surface area contributed by atoms with E-state index in [0.717, 1.165) is 44.5 Å². The molecule has 5 aromatic carbocycles. The number of phenols is 1. The molecule has 0 aliphatic heterocycles. The number of rotatable bonds is 7. The molecule has 0 saturated heterocycles. The van der Waals surface area contributed by atoms with E-state index < -0.39 is 0 Å². The molecule has 0 aliphatic carbocycles. The van der Waals surface area contributed by atoms with E-state index in [1.807, 2.05) is 72.8 Å². The summed E-state index contributed by atoms with van der Waals surface area (Å²) < 4.78 is 0. The predicted molar refractivity (Wildman–Crippen MR) is 160 cm³/mol. The third kappa shape index (κ3) is 6.04. The first-order valence-corrected chi connectivity index (χ1v) is 12.4. The van der Waals surface area contributed by atoms with Gasteiger partial charge in [0.2, 0.25) is 0 Å². The Morgan fingerprint density at radius 1 is 0.351 bits per heavy atom. The zero-order valence-electron chi connectivity index (χ0n) is 20.5. The van der Waals surface area contributed by atoms with Crippen molar-refractivity contribution in [2.45, 2.75) is 0 Å². The molecule has 0 amide bonds. The van der Waals surface area contributed by atoms with E-state index >= 15 is 0 Å². The minimum atomic E-state index is 0.266. The van der Waals surface area contributed by atoms with E-state index in [2.05, 4.69) is 85.0 Å². The second-order valence-corrected chi connectivity index (χ2v) is 8.78. The highest BCUT2D eigenvalue weighted by atomic mass is 16.3. The summed E-state index contributed by atoms with van der Waals surface area (Å²) in [6, 6.07) is 42.7. The summed E-state index contributed by atoms with van der Waals surface area (Å²) in [5.74, 6) is 0.266. The Morgan fingerprint density at radius 3 is 1.35 bits per heavy atom. The van der Waals surface area contributed by atoms with Crippen LogP contribution in [0.5, 0.6) is 5.75 Å². The number of benzene rings is 5. The standard InChI is InChI=1S/C36H28O/c37-36-19-11-10-18-35(36)34-27-24-31(23-20-28-12-4-1-5-13-28)32(25-21-29-14-6-2-7-15-29)33(34)26-22-30-16-8-3-9-17-30/h1-27,37H/b23-20+,25-21+,26-22+. The van der Waals surface area contributed by atoms with E-state index in [0.29, 0.717) is 0 Å². The molecule has 1 N–H and O–H groups in total. The summed E-state index contributed by atoms with van der Waals surface area (Å²) in [5, 5.41) is 10.7. The Balaban J connectivity index is 1.71. The van der Waals surface area contributed by atoms with Crippen LogP contribution < -0.4 is 0 Å². The predicted octanol–water partition coefficient (Wildman–Crippen LogP) is 9.57. The van der Waals surface area contributed by atoms with Gasteiger partial charge < -0.3 is 5.11 Å². The summed E-state index contributed by atoms with van der Waals surface area (Å²) in [4.78, 5) is 0. The highest BCUT2D eigenvalue weighted by Crippen LogP contribution is 2.36. The lowest BCUT2D eigenvalue weighted by atomic mass is 9.90. The topological polar surface area (TPSA) is 20.2 Å². The first-order valence-electron chi connectivity index (χ1n) is 12.4. The molecule has 37 heavy (non-hydrogen) atoms. The molecule has 0 spiro atoms. The second-order valence-electron chi connectivity index (χ2n) is 8.78. The molecule has 0 unspecified atom stereocenters. The summed E-state index contributed by atoms with van der Waals surface area (Å²) in [6.07, 6.45) is 12.9. The average Bonchev–Trinajstić information content (AvgIpc) is 2.96. The molecule has 5 rings (SSSR count). The van der Waals surface area contributed by atoms with Crippen LogP contribution in [0.1, 0.15) is 33.4 Å². The van der Waals surface area contributed by atoms with E-state index in [1.165, 1.54) is 0 Å². The van der Waals surface area contributed by atoms with Crippen LogP contribution in [0.3, 0.4) is 0 Å². The van der Waals surface area contributed by atoms with Gasteiger partial charge in [-0.1, -0.05) is 158 Å². The van der Waals surface area contributed by atoms with Gasteiger partial charge in [-0.25, -0.2) is 0 Å². The van der Waals surface area contributed by atoms with Crippen molar-refractivity contribution in [3.63, 3.8) is 0 Å². The van der Waals surface area contributed by atoms with Crippen LogP contribution in [0.2, 0.25) is 0 Å². The van der Waals surface area contributed by atoms with Gasteiger partial charge in [0, 0.05) is 5.56 Å². The molecule has 0 aromatic heterocycles. The molecule has 0 heterocycles. The van der Waals surface area contributed by atoms with Crippen molar-refractivity contribution in [2.24, 2.45) is 0 Å². The van der Waals surface area contributed by atoms with E-state index in [1.54, 1.807) is 6.07 Å². The molecule has 5 aromatic rings. The molecule has 178 valence electrons. The van der Waals surface area contributed by atoms with Crippen LogP contribution >= 0.6 is 0 Å². The molecular formula is C36H28O. The Bertz CT molecular complexity index is 1540. The smallest absolute Gasteiger partial charge is 0.123 e. The van der Waals surface area contributed by atoms with Crippen molar-refractivity contribution in [3.05, 3.63) is 161 Å². The molecule has 0 atom stereocenters. The summed E-state index contributed by atoms with van der Waals surface area (Å²) in [7, 11) is 0. The van der Waals surface area contributed by atoms with Crippen LogP contribution in [0.15, 0.2) is 127 Å². The Labute approximate surface area is 219 Å². The van der Waals surface area contributed by atoms with Crippen molar-refractivity contribution in [3.8, 4) is 16.9 Å². The minimum Gasteiger partial charge on any atom is -0.507 e. The molecule has 0 saturated carbocycles. The van der Waals surface area contributed by atoms with Crippen molar-refractivity contribution in [1.82, 2.24) is 0 Å². The zero-order chi connectivity index (χ0) is 25.3. The van der Waals surface area contributed by atoms with Gasteiger partial charge in [-0.3, -0.25) is 0 Å². The third-order valence-corrected chi connectivity index (χ3v) is 6.25. The van der Waals surface area contributed by atoms with E-state index in [4.69, 9.17) is 0 Å². The third-order valence-electron chi connectivity index (χ3n) is 6.25. The SMILES string of the molecule is Oc1ccccc1-c1ccc(/C=C/c2ccccc2)c(/C=C/c2ccccc2)c1/C=C/c1ccccc1. The Hall–Kier alpha value is -4.88. The van der Waals surface area contributed by atoms with Gasteiger partial charge >= 0.3 is 0 Å². The zero-order valence-corrected chi connectivity index (χ0v) is 20.5. The van der Waals surface area contributed by atoms with Crippen LogP contribution in [0.4, 0.5) is 0 Å². The molecule has 1 nitrogen and oxygen atoms in total. The van der Waals surface area contributed by atoms with Crippen LogP contribution in [0.25, 0.3) is 47.6 Å². The van der Waals surface area contributed by atoms with Crippen molar-refractivity contribution < 1.29 is 5.11 Å². The lowest BCUT2D eigenvalue weighted by molar-refractivity contribution is 0.477. The van der Waals surface area contributed by atoms with Gasteiger partial charge in [-0.05, 0) is 45.0 Å². The lowest BCUT2D eigenvalue weighted by Gasteiger charge is -2.15. The molecular weight excluding hydrogens is 448 g/mol. The maximum Gasteiger partial charge on any atom is 0.123 e. The highest BCUT2D eigenvalue weighted by Gasteiger charge is 2.13. The van der Waals surface area contributed by atoms with Crippen molar-refractivity contribution >= 4 is 36.5 Å². The van der Waals surface area contributed by atoms with Gasteiger partial charge in [0.15, 0.2) is 0 Å². The Kier molecular flexibility index (Phi) is 7.54. The van der Waals surface area contributed by atoms with Crippen molar-refractivity contribution in [1.29, 1.82) is 0 Å². The summed E-state index contributed by atoms with van der Waals surface area (Å²) in [5.41, 5.74) is 8.42. The van der Waals surface area contributed by atoms with E-state index in [9.17, 15) is 5.11 Å². The number of hydrogen-bond acceptors (Lipinski definition) is 1. The van der Waals surface area contributed by atoms with E-state index in [-0.39, 0.29) is 5.75 Å². The van der Waals surface area contributed by atoms with Gasteiger partial charge in [0.1, 0.15) is 5.75 Å². The minimum absolute atomic E-state index is 0.266. The largest absolute Gasteiger partial charge is 0.507 e. The fourth-order valence-corrected chi connectivity index (χ4v) is 4.34. The first-order chi connectivity index (χ1) is 18.3. The number of para-hydroxylation sites is 1. The highest BCUT2D eigenvalue weighted by molar-refractivity contribution is 5.92. The molecule has 0 bridgehead atoms. The maximum absolute atomic E-state index is 10.7. The number of hydrogen-bond donors (Lipinski definition) is 1. The number of phenolic OH excluding ortho intramolecular Hbond substituents is 1. The van der Waals surface area contributed by atoms with Crippen LogP contribution in [-0.4, -0.2) is 5.11 Å². The maximum atomic E-state index is 10.7. The second kappa shape index (κ2) is 11.7. The molecule has 0 aliphatic rings. The van der Waals surface area contributed by atoms with Crippen molar-refractivity contribution in [2.75, 3.05) is 0 Å². The quantitative estimate of drug-likeness (QED) is 0.232. The summed E-state index contributed by atoms with van der Waals surface area (Å²) >= 11 is 0.